The fourth-order valence-electron chi connectivity index (χ4n) is 2.49. The fourth-order valence-corrected chi connectivity index (χ4v) is 3.00. The van der Waals surface area contributed by atoms with E-state index in [1.54, 1.807) is 7.11 Å². The molecule has 1 fully saturated rings. The van der Waals surface area contributed by atoms with Crippen LogP contribution in [0.15, 0.2) is 22.7 Å². The molecule has 1 aliphatic rings. The lowest BCUT2D eigenvalue weighted by Crippen LogP contribution is -2.35. The zero-order valence-electron chi connectivity index (χ0n) is 11.7. The van der Waals surface area contributed by atoms with Crippen molar-refractivity contribution < 1.29 is 4.74 Å². The van der Waals surface area contributed by atoms with Gasteiger partial charge >= 0.3 is 0 Å². The second-order valence-corrected chi connectivity index (χ2v) is 6.02. The molecule has 106 valence electrons. The van der Waals surface area contributed by atoms with E-state index in [1.807, 2.05) is 12.1 Å². The van der Waals surface area contributed by atoms with E-state index in [1.165, 1.54) is 18.4 Å². The Balaban J connectivity index is 2.22. The van der Waals surface area contributed by atoms with Crippen molar-refractivity contribution in [1.29, 1.82) is 0 Å². The highest BCUT2D eigenvalue weighted by Gasteiger charge is 2.28. The smallest absolute Gasteiger partial charge is 0.119 e. The van der Waals surface area contributed by atoms with E-state index in [0.29, 0.717) is 6.54 Å². The fraction of sp³-hybridized carbons (Fsp3) is 0.600. The first-order chi connectivity index (χ1) is 9.19. The Morgan fingerprint density at radius 1 is 1.47 bits per heavy atom. The molecular formula is C15H23BrN2O. The number of ether oxygens (including phenoxy) is 1. The molecule has 1 saturated carbocycles. The first-order valence-corrected chi connectivity index (χ1v) is 7.76. The van der Waals surface area contributed by atoms with Crippen LogP contribution in [0.4, 0.5) is 0 Å². The van der Waals surface area contributed by atoms with Gasteiger partial charge in [-0.2, -0.15) is 0 Å². The summed E-state index contributed by atoms with van der Waals surface area (Å²) in [6.07, 6.45) is 2.74. The first-order valence-electron chi connectivity index (χ1n) is 6.97. The Bertz CT molecular complexity index is 421. The first kappa shape index (κ1) is 14.8. The van der Waals surface area contributed by atoms with Crippen molar-refractivity contribution in [2.24, 2.45) is 11.7 Å². The third-order valence-electron chi connectivity index (χ3n) is 3.82. The van der Waals surface area contributed by atoms with Crippen LogP contribution in [-0.4, -0.2) is 31.6 Å². The summed E-state index contributed by atoms with van der Waals surface area (Å²) < 4.78 is 6.44. The Labute approximate surface area is 124 Å². The highest BCUT2D eigenvalue weighted by molar-refractivity contribution is 9.10. The highest BCUT2D eigenvalue weighted by atomic mass is 79.9. The molecule has 1 aliphatic carbocycles. The van der Waals surface area contributed by atoms with Crippen LogP contribution < -0.4 is 10.5 Å². The standard InChI is InChI=1S/C15H23BrN2O/c1-3-18(10-11-4-5-11)15(9-17)13-8-12(19-2)6-7-14(13)16/h6-8,11,15H,3-5,9-10,17H2,1-2H3. The maximum absolute atomic E-state index is 6.03. The van der Waals surface area contributed by atoms with Gasteiger partial charge in [-0.25, -0.2) is 0 Å². The summed E-state index contributed by atoms with van der Waals surface area (Å²) >= 11 is 3.64. The molecule has 1 aromatic rings. The van der Waals surface area contributed by atoms with Gasteiger partial charge in [0, 0.05) is 23.6 Å². The summed E-state index contributed by atoms with van der Waals surface area (Å²) in [5.74, 6) is 1.76. The molecule has 0 saturated heterocycles. The molecule has 3 nitrogen and oxygen atoms in total. The lowest BCUT2D eigenvalue weighted by molar-refractivity contribution is 0.202. The maximum Gasteiger partial charge on any atom is 0.119 e. The van der Waals surface area contributed by atoms with Gasteiger partial charge in [0.15, 0.2) is 0 Å². The molecule has 0 aliphatic heterocycles. The van der Waals surface area contributed by atoms with Crippen LogP contribution in [0.2, 0.25) is 0 Å². The van der Waals surface area contributed by atoms with E-state index in [4.69, 9.17) is 10.5 Å². The van der Waals surface area contributed by atoms with Crippen LogP contribution in [-0.2, 0) is 0 Å². The second kappa shape index (κ2) is 6.73. The lowest BCUT2D eigenvalue weighted by atomic mass is 10.0. The number of nitrogens with zero attached hydrogens (tertiary/aromatic N) is 1. The van der Waals surface area contributed by atoms with Gasteiger partial charge in [-0.3, -0.25) is 4.90 Å². The van der Waals surface area contributed by atoms with Gasteiger partial charge in [-0.15, -0.1) is 0 Å². The number of benzene rings is 1. The van der Waals surface area contributed by atoms with E-state index in [0.717, 1.165) is 29.2 Å². The van der Waals surface area contributed by atoms with Gasteiger partial charge in [-0.05, 0) is 49.1 Å². The molecule has 0 amide bonds. The van der Waals surface area contributed by atoms with Crippen molar-refractivity contribution in [3.63, 3.8) is 0 Å². The number of hydrogen-bond acceptors (Lipinski definition) is 3. The molecule has 0 bridgehead atoms. The summed E-state index contributed by atoms with van der Waals surface area (Å²) in [7, 11) is 1.70. The SMILES string of the molecule is CCN(CC1CC1)C(CN)c1cc(OC)ccc1Br. The summed E-state index contributed by atoms with van der Waals surface area (Å²) in [6, 6.07) is 6.37. The van der Waals surface area contributed by atoms with Crippen molar-refractivity contribution in [3.05, 3.63) is 28.2 Å². The molecule has 19 heavy (non-hydrogen) atoms. The zero-order valence-corrected chi connectivity index (χ0v) is 13.3. The normalized spacial score (nSPS) is 16.7. The molecular weight excluding hydrogens is 304 g/mol. The van der Waals surface area contributed by atoms with Crippen LogP contribution in [0.1, 0.15) is 31.4 Å². The van der Waals surface area contributed by atoms with Gasteiger partial charge in [0.2, 0.25) is 0 Å². The van der Waals surface area contributed by atoms with E-state index in [-0.39, 0.29) is 6.04 Å². The quantitative estimate of drug-likeness (QED) is 0.836. The van der Waals surface area contributed by atoms with Gasteiger partial charge in [0.05, 0.1) is 7.11 Å². The second-order valence-electron chi connectivity index (χ2n) is 5.17. The van der Waals surface area contributed by atoms with Gasteiger partial charge in [0.25, 0.3) is 0 Å². The van der Waals surface area contributed by atoms with E-state index < -0.39 is 0 Å². The minimum absolute atomic E-state index is 0.259. The molecule has 0 spiro atoms. The number of halogens is 1. The summed E-state index contributed by atoms with van der Waals surface area (Å²) in [5.41, 5.74) is 7.26. The Hall–Kier alpha value is -0.580. The number of likely N-dealkylation sites (N-methyl/N-ethyl adjacent to an activating group) is 1. The Morgan fingerprint density at radius 2 is 2.21 bits per heavy atom. The molecule has 0 radical (unpaired) electrons. The third-order valence-corrected chi connectivity index (χ3v) is 4.54. The summed E-state index contributed by atoms with van der Waals surface area (Å²) in [5, 5.41) is 0. The number of rotatable bonds is 7. The molecule has 4 heteroatoms. The molecule has 1 unspecified atom stereocenters. The van der Waals surface area contributed by atoms with Crippen molar-refractivity contribution in [2.45, 2.75) is 25.8 Å². The lowest BCUT2D eigenvalue weighted by Gasteiger charge is -2.31. The van der Waals surface area contributed by atoms with Crippen LogP contribution in [0.25, 0.3) is 0 Å². The monoisotopic (exact) mass is 326 g/mol. The molecule has 1 aromatic carbocycles. The maximum atomic E-state index is 6.03. The average molecular weight is 327 g/mol. The van der Waals surface area contributed by atoms with Crippen molar-refractivity contribution in [2.75, 3.05) is 26.7 Å². The van der Waals surface area contributed by atoms with Crippen LogP contribution >= 0.6 is 15.9 Å². The van der Waals surface area contributed by atoms with Crippen LogP contribution in [0, 0.1) is 5.92 Å². The van der Waals surface area contributed by atoms with Crippen molar-refractivity contribution in [3.8, 4) is 5.75 Å². The number of methoxy groups -OCH3 is 1. The van der Waals surface area contributed by atoms with Crippen LogP contribution in [0.3, 0.4) is 0 Å². The minimum atomic E-state index is 0.259. The third kappa shape index (κ3) is 3.71. The Kier molecular flexibility index (Phi) is 5.25. The van der Waals surface area contributed by atoms with Gasteiger partial charge in [0.1, 0.15) is 5.75 Å². The topological polar surface area (TPSA) is 38.5 Å². The molecule has 2 rings (SSSR count). The molecule has 0 heterocycles. The molecule has 2 N–H and O–H groups in total. The van der Waals surface area contributed by atoms with E-state index in [2.05, 4.69) is 33.8 Å². The van der Waals surface area contributed by atoms with Crippen molar-refractivity contribution in [1.82, 2.24) is 4.90 Å². The van der Waals surface area contributed by atoms with Gasteiger partial charge in [-0.1, -0.05) is 22.9 Å². The largest absolute Gasteiger partial charge is 0.497 e. The summed E-state index contributed by atoms with van der Waals surface area (Å²) in [4.78, 5) is 2.48. The van der Waals surface area contributed by atoms with E-state index in [9.17, 15) is 0 Å². The predicted molar refractivity (Wildman–Crippen MR) is 82.5 cm³/mol. The molecule has 1 atom stereocenters. The van der Waals surface area contributed by atoms with Crippen LogP contribution in [0.5, 0.6) is 5.75 Å². The van der Waals surface area contributed by atoms with Gasteiger partial charge < -0.3 is 10.5 Å². The zero-order chi connectivity index (χ0) is 13.8. The highest BCUT2D eigenvalue weighted by Crippen LogP contribution is 2.35. The number of nitrogens with two attached hydrogens (primary N) is 1. The Morgan fingerprint density at radius 3 is 2.74 bits per heavy atom. The number of hydrogen-bond donors (Lipinski definition) is 1. The minimum Gasteiger partial charge on any atom is -0.497 e. The average Bonchev–Trinajstić information content (AvgIpc) is 3.24. The predicted octanol–water partition coefficient (Wildman–Crippen LogP) is 3.19. The van der Waals surface area contributed by atoms with E-state index >= 15 is 0 Å². The summed E-state index contributed by atoms with van der Waals surface area (Å²) in [6.45, 7) is 5.02. The van der Waals surface area contributed by atoms with Crippen molar-refractivity contribution >= 4 is 15.9 Å². The molecule has 0 aromatic heterocycles.